The van der Waals surface area contributed by atoms with Gasteiger partial charge in [-0.2, -0.15) is 0 Å². The van der Waals surface area contributed by atoms with Crippen LogP contribution in [-0.4, -0.2) is 17.0 Å². The molecule has 3 rings (SSSR count). The summed E-state index contributed by atoms with van der Waals surface area (Å²) in [6.45, 7) is 3.59. The molecule has 2 aliphatic heterocycles. The summed E-state index contributed by atoms with van der Waals surface area (Å²) < 4.78 is 0. The van der Waals surface area contributed by atoms with Gasteiger partial charge in [0.2, 0.25) is 0 Å². The summed E-state index contributed by atoms with van der Waals surface area (Å²) in [5.74, 6) is 0.949. The molecule has 1 aromatic carbocycles. The van der Waals surface area contributed by atoms with Crippen molar-refractivity contribution < 1.29 is 0 Å². The third kappa shape index (κ3) is 1.89. The van der Waals surface area contributed by atoms with Gasteiger partial charge >= 0.3 is 0 Å². The second-order valence-electron chi connectivity index (χ2n) is 5.62. The van der Waals surface area contributed by atoms with Gasteiger partial charge in [-0.3, -0.25) is 4.90 Å². The molecule has 0 aromatic heterocycles. The summed E-state index contributed by atoms with van der Waals surface area (Å²) in [7, 11) is 0. The molecule has 3 atom stereocenters. The fourth-order valence-electron chi connectivity index (χ4n) is 3.60. The van der Waals surface area contributed by atoms with Gasteiger partial charge in [0.05, 0.1) is 0 Å². The zero-order valence-electron chi connectivity index (χ0n) is 10.1. The first-order valence-electron chi connectivity index (χ1n) is 6.62. The van der Waals surface area contributed by atoms with Crippen molar-refractivity contribution in [2.75, 3.05) is 0 Å². The van der Waals surface area contributed by atoms with E-state index in [0.29, 0.717) is 0 Å². The Morgan fingerprint density at radius 1 is 1.06 bits per heavy atom. The minimum Gasteiger partial charge on any atom is -0.293 e. The molecule has 16 heavy (non-hydrogen) atoms. The van der Waals surface area contributed by atoms with Crippen molar-refractivity contribution in [2.45, 2.75) is 51.2 Å². The van der Waals surface area contributed by atoms with Crippen molar-refractivity contribution in [2.24, 2.45) is 5.92 Å². The number of rotatable bonds is 2. The average Bonchev–Trinajstić information content (AvgIpc) is 2.54. The third-order valence-electron chi connectivity index (χ3n) is 4.33. The number of hydrogen-bond acceptors (Lipinski definition) is 1. The van der Waals surface area contributed by atoms with Crippen molar-refractivity contribution in [3.05, 3.63) is 35.9 Å². The van der Waals surface area contributed by atoms with E-state index in [-0.39, 0.29) is 0 Å². The fourth-order valence-corrected chi connectivity index (χ4v) is 3.60. The molecule has 2 aliphatic rings. The van der Waals surface area contributed by atoms with Gasteiger partial charge in [-0.05, 0) is 37.2 Å². The highest BCUT2D eigenvalue weighted by molar-refractivity contribution is 5.15. The van der Waals surface area contributed by atoms with Gasteiger partial charge in [0.1, 0.15) is 0 Å². The van der Waals surface area contributed by atoms with Gasteiger partial charge in [-0.15, -0.1) is 0 Å². The summed E-state index contributed by atoms with van der Waals surface area (Å²) in [5.41, 5.74) is 1.48. The Morgan fingerprint density at radius 2 is 1.69 bits per heavy atom. The van der Waals surface area contributed by atoms with E-state index in [0.717, 1.165) is 18.0 Å². The zero-order valence-corrected chi connectivity index (χ0v) is 10.1. The van der Waals surface area contributed by atoms with Crippen LogP contribution < -0.4 is 0 Å². The molecule has 2 heterocycles. The Labute approximate surface area is 98.5 Å². The minimum absolute atomic E-state index is 0.869. The number of fused-ring (bicyclic) bond motifs is 2. The maximum Gasteiger partial charge on any atom is 0.0239 e. The standard InChI is InChI=1S/C15H21N/c1-12-9-14-7-8-15(10-12)16(14)11-13-5-3-2-4-6-13/h2-6,12,14-15H,7-11H2,1H3/t12?,14-,15+. The van der Waals surface area contributed by atoms with Crippen molar-refractivity contribution in [3.63, 3.8) is 0 Å². The molecule has 1 unspecified atom stereocenters. The number of nitrogens with zero attached hydrogens (tertiary/aromatic N) is 1. The number of hydrogen-bond donors (Lipinski definition) is 0. The van der Waals surface area contributed by atoms with Crippen LogP contribution in [0.3, 0.4) is 0 Å². The van der Waals surface area contributed by atoms with E-state index in [4.69, 9.17) is 0 Å². The monoisotopic (exact) mass is 215 g/mol. The first-order chi connectivity index (χ1) is 7.83. The average molecular weight is 215 g/mol. The van der Waals surface area contributed by atoms with Crippen LogP contribution >= 0.6 is 0 Å². The summed E-state index contributed by atoms with van der Waals surface area (Å²) >= 11 is 0. The van der Waals surface area contributed by atoms with Crippen LogP contribution in [0.1, 0.15) is 38.2 Å². The van der Waals surface area contributed by atoms with Gasteiger partial charge in [0, 0.05) is 18.6 Å². The highest BCUT2D eigenvalue weighted by Crippen LogP contribution is 2.39. The van der Waals surface area contributed by atoms with E-state index < -0.39 is 0 Å². The van der Waals surface area contributed by atoms with Gasteiger partial charge in [0.25, 0.3) is 0 Å². The molecule has 2 bridgehead atoms. The molecule has 86 valence electrons. The molecule has 0 spiro atoms. The van der Waals surface area contributed by atoms with Crippen LogP contribution in [0.4, 0.5) is 0 Å². The van der Waals surface area contributed by atoms with E-state index in [2.05, 4.69) is 42.2 Å². The Balaban J connectivity index is 1.72. The number of piperidine rings is 1. The first kappa shape index (κ1) is 10.3. The Kier molecular flexibility index (Phi) is 2.72. The summed E-state index contributed by atoms with van der Waals surface area (Å²) in [6, 6.07) is 12.7. The second-order valence-corrected chi connectivity index (χ2v) is 5.62. The summed E-state index contributed by atoms with van der Waals surface area (Å²) in [5, 5.41) is 0. The molecule has 1 heteroatoms. The van der Waals surface area contributed by atoms with Gasteiger partial charge < -0.3 is 0 Å². The van der Waals surface area contributed by atoms with E-state index >= 15 is 0 Å². The third-order valence-corrected chi connectivity index (χ3v) is 4.33. The van der Waals surface area contributed by atoms with Gasteiger partial charge in [-0.1, -0.05) is 37.3 Å². The maximum atomic E-state index is 2.76. The van der Waals surface area contributed by atoms with Crippen molar-refractivity contribution in [1.82, 2.24) is 4.90 Å². The SMILES string of the molecule is CC1C[C@H]2CC[C@@H](C1)N2Cc1ccccc1. The smallest absolute Gasteiger partial charge is 0.0239 e. The molecule has 0 amide bonds. The van der Waals surface area contributed by atoms with Gasteiger partial charge in [0.15, 0.2) is 0 Å². The van der Waals surface area contributed by atoms with Crippen molar-refractivity contribution in [3.8, 4) is 0 Å². The Hall–Kier alpha value is -0.820. The van der Waals surface area contributed by atoms with Crippen LogP contribution in [0.5, 0.6) is 0 Å². The summed E-state index contributed by atoms with van der Waals surface area (Å²) in [6.07, 6.45) is 5.70. The lowest BCUT2D eigenvalue weighted by molar-refractivity contribution is 0.102. The molecule has 2 fully saturated rings. The lowest BCUT2D eigenvalue weighted by Crippen LogP contribution is -2.41. The first-order valence-corrected chi connectivity index (χ1v) is 6.62. The van der Waals surface area contributed by atoms with Crippen LogP contribution in [0.2, 0.25) is 0 Å². The van der Waals surface area contributed by atoms with Gasteiger partial charge in [-0.25, -0.2) is 0 Å². The Morgan fingerprint density at radius 3 is 2.31 bits per heavy atom. The molecule has 2 saturated heterocycles. The number of benzene rings is 1. The molecule has 0 saturated carbocycles. The lowest BCUT2D eigenvalue weighted by Gasteiger charge is -2.37. The van der Waals surface area contributed by atoms with E-state index in [1.54, 1.807) is 0 Å². The molecular weight excluding hydrogens is 194 g/mol. The maximum absolute atomic E-state index is 2.76. The highest BCUT2D eigenvalue weighted by Gasteiger charge is 2.38. The summed E-state index contributed by atoms with van der Waals surface area (Å²) in [4.78, 5) is 2.76. The van der Waals surface area contributed by atoms with Crippen LogP contribution in [0, 0.1) is 5.92 Å². The topological polar surface area (TPSA) is 3.24 Å². The van der Waals surface area contributed by atoms with Crippen molar-refractivity contribution >= 4 is 0 Å². The molecular formula is C15H21N. The largest absolute Gasteiger partial charge is 0.293 e. The fraction of sp³-hybridized carbons (Fsp3) is 0.600. The molecule has 0 aliphatic carbocycles. The highest BCUT2D eigenvalue weighted by atomic mass is 15.2. The van der Waals surface area contributed by atoms with Crippen LogP contribution in [0.15, 0.2) is 30.3 Å². The quantitative estimate of drug-likeness (QED) is 0.730. The molecule has 0 radical (unpaired) electrons. The lowest BCUT2D eigenvalue weighted by atomic mass is 9.92. The zero-order chi connectivity index (χ0) is 11.0. The molecule has 0 N–H and O–H groups in total. The Bertz CT molecular complexity index is 332. The van der Waals surface area contributed by atoms with E-state index in [9.17, 15) is 0 Å². The van der Waals surface area contributed by atoms with Crippen LogP contribution in [-0.2, 0) is 6.54 Å². The van der Waals surface area contributed by atoms with E-state index in [1.807, 2.05) is 0 Å². The minimum atomic E-state index is 0.869. The predicted octanol–water partition coefficient (Wildman–Crippen LogP) is 3.45. The predicted molar refractivity (Wildman–Crippen MR) is 67.2 cm³/mol. The molecule has 1 aromatic rings. The molecule has 1 nitrogen and oxygen atoms in total. The normalized spacial score (nSPS) is 34.2. The van der Waals surface area contributed by atoms with Crippen LogP contribution in [0.25, 0.3) is 0 Å². The second kappa shape index (κ2) is 4.21. The van der Waals surface area contributed by atoms with Crippen molar-refractivity contribution in [1.29, 1.82) is 0 Å². The van der Waals surface area contributed by atoms with E-state index in [1.165, 1.54) is 37.8 Å².